The van der Waals surface area contributed by atoms with Crippen LogP contribution in [0.15, 0.2) is 18.2 Å². The van der Waals surface area contributed by atoms with E-state index in [1.54, 1.807) is 17.9 Å². The zero-order valence-electron chi connectivity index (χ0n) is 11.9. The second-order valence-corrected chi connectivity index (χ2v) is 4.62. The van der Waals surface area contributed by atoms with Crippen molar-refractivity contribution in [3.8, 4) is 0 Å². The normalized spacial score (nSPS) is 12.4. The average Bonchev–Trinajstić information content (AvgIpc) is 2.81. The lowest BCUT2D eigenvalue weighted by Gasteiger charge is -2.23. The van der Waals surface area contributed by atoms with E-state index in [9.17, 15) is 9.18 Å². The van der Waals surface area contributed by atoms with Crippen LogP contribution in [-0.4, -0.2) is 39.9 Å². The number of halogens is 1. The van der Waals surface area contributed by atoms with Crippen LogP contribution in [0.2, 0.25) is 0 Å². The lowest BCUT2D eigenvalue weighted by molar-refractivity contribution is -0.131. The van der Waals surface area contributed by atoms with Gasteiger partial charge in [-0.15, -0.1) is 0 Å². The van der Waals surface area contributed by atoms with Crippen molar-refractivity contribution in [1.82, 2.24) is 14.9 Å². The van der Waals surface area contributed by atoms with Gasteiger partial charge in [0.05, 0.1) is 11.0 Å². The van der Waals surface area contributed by atoms with Gasteiger partial charge < -0.3 is 15.2 Å². The number of hydrogen-bond donors (Lipinski definition) is 2. The first-order valence-corrected chi connectivity index (χ1v) is 6.75. The number of aromatic amines is 1. The van der Waals surface area contributed by atoms with Gasteiger partial charge in [0.15, 0.2) is 0 Å². The highest BCUT2D eigenvalue weighted by Crippen LogP contribution is 2.16. The van der Waals surface area contributed by atoms with Gasteiger partial charge >= 0.3 is 0 Å². The molecule has 0 aliphatic rings. The molecule has 0 aliphatic carbocycles. The number of fused-ring (bicyclic) bond motifs is 1. The van der Waals surface area contributed by atoms with E-state index in [0.29, 0.717) is 30.1 Å². The smallest absolute Gasteiger partial charge is 0.244 e. The van der Waals surface area contributed by atoms with Crippen LogP contribution in [0.4, 0.5) is 10.3 Å². The number of imidazole rings is 1. The topological polar surface area (TPSA) is 61.0 Å². The third-order valence-electron chi connectivity index (χ3n) is 3.24. The number of likely N-dealkylation sites (N-methyl/N-ethyl adjacent to an activating group) is 1. The van der Waals surface area contributed by atoms with Gasteiger partial charge in [0.25, 0.3) is 0 Å². The van der Waals surface area contributed by atoms with Crippen molar-refractivity contribution in [3.05, 3.63) is 24.0 Å². The maximum atomic E-state index is 13.1. The Kier molecular flexibility index (Phi) is 4.22. The number of carbonyl (C=O) groups is 1. The molecule has 0 saturated carbocycles. The average molecular weight is 278 g/mol. The van der Waals surface area contributed by atoms with E-state index in [4.69, 9.17) is 0 Å². The van der Waals surface area contributed by atoms with Crippen LogP contribution in [-0.2, 0) is 4.79 Å². The molecule has 0 fully saturated rings. The molecule has 1 aromatic carbocycles. The molecule has 5 nitrogen and oxygen atoms in total. The molecule has 0 aliphatic heterocycles. The Labute approximate surface area is 117 Å². The van der Waals surface area contributed by atoms with Crippen molar-refractivity contribution >= 4 is 22.9 Å². The number of carbonyl (C=O) groups excluding carboxylic acids is 1. The molecule has 0 radical (unpaired) electrons. The molecule has 0 spiro atoms. The summed E-state index contributed by atoms with van der Waals surface area (Å²) in [5, 5.41) is 3.02. The van der Waals surface area contributed by atoms with Crippen molar-refractivity contribution in [2.24, 2.45) is 0 Å². The van der Waals surface area contributed by atoms with Crippen LogP contribution >= 0.6 is 0 Å². The number of rotatable bonds is 5. The summed E-state index contributed by atoms with van der Waals surface area (Å²) in [6.07, 6.45) is 0. The second-order valence-electron chi connectivity index (χ2n) is 4.62. The van der Waals surface area contributed by atoms with E-state index in [1.165, 1.54) is 12.1 Å². The molecule has 0 saturated heterocycles. The molecule has 2 aromatic rings. The zero-order chi connectivity index (χ0) is 14.7. The standard InChI is InChI=1S/C14H19FN4O/c1-4-19(5-2)13(20)9(3)16-14-17-11-7-6-10(15)8-12(11)18-14/h6-9H,4-5H2,1-3H3,(H2,16,17,18). The first-order valence-electron chi connectivity index (χ1n) is 6.75. The van der Waals surface area contributed by atoms with Crippen LogP contribution in [0.5, 0.6) is 0 Å². The van der Waals surface area contributed by atoms with Gasteiger partial charge in [0.2, 0.25) is 11.9 Å². The summed E-state index contributed by atoms with van der Waals surface area (Å²) in [5.74, 6) is 0.167. The minimum Gasteiger partial charge on any atom is -0.344 e. The van der Waals surface area contributed by atoms with Crippen molar-refractivity contribution in [1.29, 1.82) is 0 Å². The number of anilines is 1. The first-order chi connectivity index (χ1) is 9.55. The van der Waals surface area contributed by atoms with Crippen LogP contribution in [0.1, 0.15) is 20.8 Å². The van der Waals surface area contributed by atoms with Crippen LogP contribution in [0.3, 0.4) is 0 Å². The number of nitrogens with one attached hydrogen (secondary N) is 2. The Hall–Kier alpha value is -2.11. The monoisotopic (exact) mass is 278 g/mol. The molecule has 1 amide bonds. The lowest BCUT2D eigenvalue weighted by atomic mass is 10.3. The summed E-state index contributed by atoms with van der Waals surface area (Å²) < 4.78 is 13.1. The van der Waals surface area contributed by atoms with E-state index in [-0.39, 0.29) is 17.8 Å². The zero-order valence-corrected chi connectivity index (χ0v) is 11.9. The van der Waals surface area contributed by atoms with Gasteiger partial charge in [-0.25, -0.2) is 9.37 Å². The Morgan fingerprint density at radius 2 is 2.15 bits per heavy atom. The van der Waals surface area contributed by atoms with Crippen molar-refractivity contribution in [3.63, 3.8) is 0 Å². The molecule has 6 heteroatoms. The fourth-order valence-corrected chi connectivity index (χ4v) is 2.13. The largest absolute Gasteiger partial charge is 0.344 e. The molecule has 0 bridgehead atoms. The fraction of sp³-hybridized carbons (Fsp3) is 0.429. The summed E-state index contributed by atoms with van der Waals surface area (Å²) >= 11 is 0. The molecular formula is C14H19FN4O. The number of amides is 1. The number of aromatic nitrogens is 2. The molecule has 20 heavy (non-hydrogen) atoms. The summed E-state index contributed by atoms with van der Waals surface area (Å²) in [6.45, 7) is 7.02. The highest BCUT2D eigenvalue weighted by molar-refractivity contribution is 5.84. The Morgan fingerprint density at radius 3 is 2.80 bits per heavy atom. The Bertz CT molecular complexity index is 606. The van der Waals surface area contributed by atoms with Gasteiger partial charge in [0.1, 0.15) is 11.9 Å². The molecule has 1 unspecified atom stereocenters. The predicted molar refractivity (Wildman–Crippen MR) is 77.1 cm³/mol. The molecular weight excluding hydrogens is 259 g/mol. The van der Waals surface area contributed by atoms with Gasteiger partial charge in [-0.1, -0.05) is 0 Å². The van der Waals surface area contributed by atoms with E-state index in [1.807, 2.05) is 13.8 Å². The summed E-state index contributed by atoms with van der Waals surface area (Å²) in [4.78, 5) is 21.1. The van der Waals surface area contributed by atoms with Crippen molar-refractivity contribution in [2.45, 2.75) is 26.8 Å². The Balaban J connectivity index is 2.13. The van der Waals surface area contributed by atoms with Crippen LogP contribution in [0.25, 0.3) is 11.0 Å². The SMILES string of the molecule is CCN(CC)C(=O)C(C)Nc1nc2ccc(F)cc2[nH]1. The minimum atomic E-state index is -0.389. The summed E-state index contributed by atoms with van der Waals surface area (Å²) in [5.41, 5.74) is 1.27. The van der Waals surface area contributed by atoms with Crippen LogP contribution in [0, 0.1) is 5.82 Å². The molecule has 2 rings (SSSR count). The van der Waals surface area contributed by atoms with E-state index >= 15 is 0 Å². The predicted octanol–water partition coefficient (Wildman–Crippen LogP) is 2.37. The summed E-state index contributed by atoms with van der Waals surface area (Å²) in [6, 6.07) is 3.95. The maximum absolute atomic E-state index is 13.1. The van der Waals surface area contributed by atoms with E-state index in [2.05, 4.69) is 15.3 Å². The number of hydrogen-bond acceptors (Lipinski definition) is 3. The van der Waals surface area contributed by atoms with Crippen molar-refractivity contribution < 1.29 is 9.18 Å². The van der Waals surface area contributed by atoms with Gasteiger partial charge in [-0.2, -0.15) is 0 Å². The highest BCUT2D eigenvalue weighted by atomic mass is 19.1. The minimum absolute atomic E-state index is 0.0154. The van der Waals surface area contributed by atoms with Crippen LogP contribution < -0.4 is 5.32 Å². The van der Waals surface area contributed by atoms with Gasteiger partial charge in [0, 0.05) is 13.1 Å². The third-order valence-corrected chi connectivity index (χ3v) is 3.24. The molecule has 108 valence electrons. The summed E-state index contributed by atoms with van der Waals surface area (Å²) in [7, 11) is 0. The molecule has 1 heterocycles. The van der Waals surface area contributed by atoms with E-state index in [0.717, 1.165) is 0 Å². The number of benzene rings is 1. The van der Waals surface area contributed by atoms with Gasteiger partial charge in [-0.3, -0.25) is 4.79 Å². The lowest BCUT2D eigenvalue weighted by Crippen LogP contribution is -2.41. The first kappa shape index (κ1) is 14.3. The third kappa shape index (κ3) is 2.89. The highest BCUT2D eigenvalue weighted by Gasteiger charge is 2.18. The van der Waals surface area contributed by atoms with Gasteiger partial charge in [-0.05, 0) is 39.0 Å². The molecule has 1 atom stereocenters. The molecule has 2 N–H and O–H groups in total. The second kappa shape index (κ2) is 5.90. The fourth-order valence-electron chi connectivity index (χ4n) is 2.13. The van der Waals surface area contributed by atoms with Crippen molar-refractivity contribution in [2.75, 3.05) is 18.4 Å². The molecule has 1 aromatic heterocycles. The maximum Gasteiger partial charge on any atom is 0.244 e. The van der Waals surface area contributed by atoms with E-state index < -0.39 is 0 Å². The number of nitrogens with zero attached hydrogens (tertiary/aromatic N) is 2. The quantitative estimate of drug-likeness (QED) is 0.882. The number of H-pyrrole nitrogens is 1. The Morgan fingerprint density at radius 1 is 1.45 bits per heavy atom.